The molecule has 6 nitrogen and oxygen atoms in total. The summed E-state index contributed by atoms with van der Waals surface area (Å²) in [5.41, 5.74) is 3.61. The lowest BCUT2D eigenvalue weighted by molar-refractivity contribution is -0.213. The van der Waals surface area contributed by atoms with E-state index in [2.05, 4.69) is 0 Å². The van der Waals surface area contributed by atoms with E-state index in [0.29, 0.717) is 18.7 Å². The van der Waals surface area contributed by atoms with Crippen molar-refractivity contribution in [1.29, 1.82) is 0 Å². The number of rotatable bonds is 4. The van der Waals surface area contributed by atoms with Gasteiger partial charge in [0.05, 0.1) is 6.61 Å². The molecule has 0 spiro atoms. The van der Waals surface area contributed by atoms with Gasteiger partial charge in [0.15, 0.2) is 0 Å². The lowest BCUT2D eigenvalue weighted by Crippen LogP contribution is -2.59. The van der Waals surface area contributed by atoms with Crippen LogP contribution in [0.3, 0.4) is 0 Å². The number of hydrogen-bond donors (Lipinski definition) is 2. The van der Waals surface area contributed by atoms with Gasteiger partial charge in [0.25, 0.3) is 11.8 Å². The first-order valence-corrected chi connectivity index (χ1v) is 6.55. The molecule has 2 amide bonds. The summed E-state index contributed by atoms with van der Waals surface area (Å²) in [5, 5.41) is 11.5. The number of nitrogens with two attached hydrogens (primary N) is 1. The molecule has 0 bridgehead atoms. The Morgan fingerprint density at radius 1 is 1.30 bits per heavy atom. The smallest absolute Gasteiger partial charge is 0.288 e. The van der Waals surface area contributed by atoms with Crippen LogP contribution in [0.1, 0.15) is 18.4 Å². The SMILES string of the molecule is NC(=O)[C@](O)(Cc1ccccc1)C(=O)N1CCCCO1. The van der Waals surface area contributed by atoms with Gasteiger partial charge in [-0.1, -0.05) is 30.3 Å². The average molecular weight is 278 g/mol. The van der Waals surface area contributed by atoms with Crippen molar-refractivity contribution in [1.82, 2.24) is 5.06 Å². The molecule has 3 N–H and O–H groups in total. The van der Waals surface area contributed by atoms with Gasteiger partial charge in [-0.05, 0) is 18.4 Å². The summed E-state index contributed by atoms with van der Waals surface area (Å²) >= 11 is 0. The van der Waals surface area contributed by atoms with Crippen LogP contribution in [0.5, 0.6) is 0 Å². The summed E-state index contributed by atoms with van der Waals surface area (Å²) in [7, 11) is 0. The van der Waals surface area contributed by atoms with Crippen LogP contribution in [0.4, 0.5) is 0 Å². The molecule has 1 atom stereocenters. The molecule has 0 saturated carbocycles. The number of aliphatic hydroxyl groups is 1. The van der Waals surface area contributed by atoms with E-state index in [4.69, 9.17) is 10.6 Å². The number of carbonyl (C=O) groups is 2. The van der Waals surface area contributed by atoms with Crippen molar-refractivity contribution in [2.75, 3.05) is 13.2 Å². The maximum absolute atomic E-state index is 12.3. The van der Waals surface area contributed by atoms with E-state index in [1.54, 1.807) is 24.3 Å². The summed E-state index contributed by atoms with van der Waals surface area (Å²) in [4.78, 5) is 29.1. The molecule has 6 heteroatoms. The molecule has 20 heavy (non-hydrogen) atoms. The van der Waals surface area contributed by atoms with E-state index in [0.717, 1.165) is 17.9 Å². The third kappa shape index (κ3) is 2.97. The summed E-state index contributed by atoms with van der Waals surface area (Å²) < 4.78 is 0. The number of carbonyl (C=O) groups excluding carboxylic acids is 2. The molecule has 1 aliphatic heterocycles. The predicted molar refractivity (Wildman–Crippen MR) is 71.2 cm³/mol. The minimum atomic E-state index is -2.28. The third-order valence-electron chi connectivity index (χ3n) is 3.29. The monoisotopic (exact) mass is 278 g/mol. The largest absolute Gasteiger partial charge is 0.371 e. The Hall–Kier alpha value is -1.92. The van der Waals surface area contributed by atoms with Crippen molar-refractivity contribution in [3.8, 4) is 0 Å². The van der Waals surface area contributed by atoms with Crippen LogP contribution in [0.15, 0.2) is 30.3 Å². The zero-order valence-corrected chi connectivity index (χ0v) is 11.1. The first-order chi connectivity index (χ1) is 9.54. The molecule has 0 aliphatic carbocycles. The van der Waals surface area contributed by atoms with Gasteiger partial charge in [0.2, 0.25) is 5.60 Å². The molecule has 2 rings (SSSR count). The zero-order chi connectivity index (χ0) is 14.6. The summed E-state index contributed by atoms with van der Waals surface area (Å²) in [6.07, 6.45) is 1.45. The van der Waals surface area contributed by atoms with E-state index in [1.165, 1.54) is 0 Å². The number of primary amides is 1. The lowest BCUT2D eigenvalue weighted by atomic mass is 9.92. The van der Waals surface area contributed by atoms with Crippen LogP contribution in [0.25, 0.3) is 0 Å². The standard InChI is InChI=1S/C14H18N2O4/c15-12(17)14(19,10-11-6-2-1-3-7-11)13(18)16-8-4-5-9-20-16/h1-3,6-7,19H,4-5,8-10H2,(H2,15,17)/t14-/m1/s1. The average Bonchev–Trinajstić information content (AvgIpc) is 2.48. The second-order valence-corrected chi connectivity index (χ2v) is 4.83. The molecular weight excluding hydrogens is 260 g/mol. The highest BCUT2D eigenvalue weighted by Crippen LogP contribution is 2.19. The second kappa shape index (κ2) is 6.02. The minimum absolute atomic E-state index is 0.165. The molecule has 1 aromatic rings. The van der Waals surface area contributed by atoms with Gasteiger partial charge in [-0.3, -0.25) is 14.4 Å². The fraction of sp³-hybridized carbons (Fsp3) is 0.429. The van der Waals surface area contributed by atoms with E-state index < -0.39 is 17.4 Å². The highest BCUT2D eigenvalue weighted by atomic mass is 16.7. The first-order valence-electron chi connectivity index (χ1n) is 6.55. The molecule has 0 unspecified atom stereocenters. The summed E-state index contributed by atoms with van der Waals surface area (Å²) in [6, 6.07) is 8.77. The number of amides is 2. The van der Waals surface area contributed by atoms with Gasteiger partial charge in [-0.15, -0.1) is 0 Å². The Labute approximate surface area is 117 Å². The van der Waals surface area contributed by atoms with Crippen LogP contribution < -0.4 is 5.73 Å². The van der Waals surface area contributed by atoms with E-state index in [1.807, 2.05) is 6.07 Å². The van der Waals surface area contributed by atoms with Gasteiger partial charge in [-0.25, -0.2) is 5.06 Å². The van der Waals surface area contributed by atoms with Gasteiger partial charge < -0.3 is 10.8 Å². The molecule has 1 aromatic carbocycles. The van der Waals surface area contributed by atoms with Crippen molar-refractivity contribution < 1.29 is 19.5 Å². The molecule has 1 aliphatic rings. The van der Waals surface area contributed by atoms with E-state index in [9.17, 15) is 14.7 Å². The Morgan fingerprint density at radius 3 is 2.55 bits per heavy atom. The number of hydroxylamine groups is 2. The maximum atomic E-state index is 12.3. The topological polar surface area (TPSA) is 92.9 Å². The zero-order valence-electron chi connectivity index (χ0n) is 11.1. The predicted octanol–water partition coefficient (Wildman–Crippen LogP) is -0.000500. The molecule has 1 saturated heterocycles. The van der Waals surface area contributed by atoms with Crippen molar-refractivity contribution in [2.24, 2.45) is 5.73 Å². The summed E-state index contributed by atoms with van der Waals surface area (Å²) in [6.45, 7) is 0.745. The van der Waals surface area contributed by atoms with Gasteiger partial charge >= 0.3 is 0 Å². The first kappa shape index (κ1) is 14.5. The van der Waals surface area contributed by atoms with Crippen LogP contribution in [0.2, 0.25) is 0 Å². The Morgan fingerprint density at radius 2 is 2.00 bits per heavy atom. The Bertz CT molecular complexity index is 485. The van der Waals surface area contributed by atoms with Crippen molar-refractivity contribution in [3.05, 3.63) is 35.9 Å². The van der Waals surface area contributed by atoms with Crippen molar-refractivity contribution in [3.63, 3.8) is 0 Å². The van der Waals surface area contributed by atoms with Crippen LogP contribution in [0, 0.1) is 0 Å². The maximum Gasteiger partial charge on any atom is 0.288 e. The molecule has 0 aromatic heterocycles. The molecular formula is C14H18N2O4. The van der Waals surface area contributed by atoms with Crippen LogP contribution in [-0.4, -0.2) is 40.7 Å². The highest BCUT2D eigenvalue weighted by molar-refractivity contribution is 6.07. The highest BCUT2D eigenvalue weighted by Gasteiger charge is 2.46. The second-order valence-electron chi connectivity index (χ2n) is 4.83. The van der Waals surface area contributed by atoms with Gasteiger partial charge in [0, 0.05) is 13.0 Å². The molecule has 0 radical (unpaired) electrons. The van der Waals surface area contributed by atoms with E-state index >= 15 is 0 Å². The Balaban J connectivity index is 2.20. The molecule has 108 valence electrons. The third-order valence-corrected chi connectivity index (χ3v) is 3.29. The minimum Gasteiger partial charge on any atom is -0.371 e. The normalized spacial score (nSPS) is 18.4. The van der Waals surface area contributed by atoms with Crippen molar-refractivity contribution in [2.45, 2.75) is 24.9 Å². The quantitative estimate of drug-likeness (QED) is 0.758. The Kier molecular flexibility index (Phi) is 4.36. The van der Waals surface area contributed by atoms with Gasteiger partial charge in [0.1, 0.15) is 0 Å². The molecule has 1 fully saturated rings. The van der Waals surface area contributed by atoms with Crippen LogP contribution >= 0.6 is 0 Å². The van der Waals surface area contributed by atoms with Crippen LogP contribution in [-0.2, 0) is 20.8 Å². The number of hydrogen-bond acceptors (Lipinski definition) is 4. The molecule has 1 heterocycles. The fourth-order valence-electron chi connectivity index (χ4n) is 2.12. The van der Waals surface area contributed by atoms with E-state index in [-0.39, 0.29) is 6.42 Å². The summed E-state index contributed by atoms with van der Waals surface area (Å²) in [5.74, 6) is -1.87. The fourth-order valence-corrected chi connectivity index (χ4v) is 2.12. The number of benzene rings is 1. The van der Waals surface area contributed by atoms with Crippen molar-refractivity contribution >= 4 is 11.8 Å². The number of nitrogens with zero attached hydrogens (tertiary/aromatic N) is 1. The van der Waals surface area contributed by atoms with Gasteiger partial charge in [-0.2, -0.15) is 0 Å². The lowest BCUT2D eigenvalue weighted by Gasteiger charge is -2.32.